The Hall–Kier alpha value is -0.340. The molecule has 0 spiro atoms. The molecule has 60 valence electrons. The van der Waals surface area contributed by atoms with Gasteiger partial charge in [0.05, 0.1) is 6.10 Å². The van der Waals surface area contributed by atoms with E-state index in [1.165, 1.54) is 0 Å². The topological polar surface area (TPSA) is 20.2 Å². The largest absolute Gasteiger partial charge is 0.388 e. The van der Waals surface area contributed by atoms with Gasteiger partial charge in [-0.05, 0) is 24.1 Å². The van der Waals surface area contributed by atoms with Crippen LogP contribution in [-0.4, -0.2) is 5.11 Å². The van der Waals surface area contributed by atoms with E-state index in [2.05, 4.69) is 15.9 Å². The van der Waals surface area contributed by atoms with E-state index in [9.17, 15) is 5.11 Å². The quantitative estimate of drug-likeness (QED) is 0.804. The van der Waals surface area contributed by atoms with Crippen molar-refractivity contribution in [2.45, 2.75) is 19.4 Å². The lowest BCUT2D eigenvalue weighted by atomic mass is 10.1. The lowest BCUT2D eigenvalue weighted by molar-refractivity contribution is 0.173. The molecular weight excluding hydrogens is 204 g/mol. The van der Waals surface area contributed by atoms with Gasteiger partial charge in [-0.25, -0.2) is 0 Å². The number of hydrogen-bond donors (Lipinski definition) is 1. The van der Waals surface area contributed by atoms with Crippen LogP contribution in [0.1, 0.15) is 25.0 Å². The summed E-state index contributed by atoms with van der Waals surface area (Å²) in [6.07, 6.45) is 0.449. The molecule has 0 radical (unpaired) electrons. The van der Waals surface area contributed by atoms with Gasteiger partial charge in [-0.15, -0.1) is 0 Å². The molecule has 0 saturated heterocycles. The van der Waals surface area contributed by atoms with Crippen LogP contribution in [0.4, 0.5) is 0 Å². The summed E-state index contributed by atoms with van der Waals surface area (Å²) < 4.78 is 1.05. The molecular formula is C9H11BrO. The van der Waals surface area contributed by atoms with E-state index >= 15 is 0 Å². The van der Waals surface area contributed by atoms with Crippen molar-refractivity contribution in [1.29, 1.82) is 0 Å². The molecule has 0 amide bonds. The van der Waals surface area contributed by atoms with Crippen molar-refractivity contribution < 1.29 is 5.11 Å². The van der Waals surface area contributed by atoms with Gasteiger partial charge in [0.2, 0.25) is 0 Å². The average molecular weight is 215 g/mol. The minimum absolute atomic E-state index is 0.317. The molecule has 2 heteroatoms. The van der Waals surface area contributed by atoms with E-state index < -0.39 is 0 Å². The lowest BCUT2D eigenvalue weighted by Gasteiger charge is -2.06. The molecule has 11 heavy (non-hydrogen) atoms. The average Bonchev–Trinajstić information content (AvgIpc) is 2.05. The van der Waals surface area contributed by atoms with Crippen LogP contribution in [0.5, 0.6) is 0 Å². The molecule has 0 saturated carbocycles. The van der Waals surface area contributed by atoms with Crippen molar-refractivity contribution in [1.82, 2.24) is 0 Å². The van der Waals surface area contributed by atoms with Gasteiger partial charge in [0.1, 0.15) is 0 Å². The first-order valence-corrected chi connectivity index (χ1v) is 4.47. The summed E-state index contributed by atoms with van der Waals surface area (Å²) in [5, 5.41) is 9.40. The Balaban J connectivity index is 2.81. The predicted molar refractivity (Wildman–Crippen MR) is 49.4 cm³/mol. The second kappa shape index (κ2) is 3.88. The summed E-state index contributed by atoms with van der Waals surface area (Å²) in [6.45, 7) is 1.96. The van der Waals surface area contributed by atoms with Crippen molar-refractivity contribution in [3.8, 4) is 0 Å². The van der Waals surface area contributed by atoms with Gasteiger partial charge in [-0.3, -0.25) is 0 Å². The minimum atomic E-state index is -0.317. The fourth-order valence-electron chi connectivity index (χ4n) is 0.921. The number of rotatable bonds is 2. The van der Waals surface area contributed by atoms with E-state index in [0.29, 0.717) is 0 Å². The first-order chi connectivity index (χ1) is 5.24. The lowest BCUT2D eigenvalue weighted by Crippen LogP contribution is -1.93. The standard InChI is InChI=1S/C9H11BrO/c1-2-9(11)7-3-5-8(10)6-4-7/h3-6,9,11H,2H2,1H3/t9-/m0/s1. The molecule has 1 N–H and O–H groups in total. The molecule has 1 nitrogen and oxygen atoms in total. The van der Waals surface area contributed by atoms with Gasteiger partial charge in [0, 0.05) is 4.47 Å². The molecule has 1 aromatic rings. The Morgan fingerprint density at radius 1 is 1.36 bits per heavy atom. The Bertz CT molecular complexity index is 218. The van der Waals surface area contributed by atoms with Gasteiger partial charge in [0.25, 0.3) is 0 Å². The maximum absolute atomic E-state index is 9.40. The third-order valence-electron chi connectivity index (χ3n) is 1.64. The number of aliphatic hydroxyl groups is 1. The highest BCUT2D eigenvalue weighted by atomic mass is 79.9. The summed E-state index contributed by atoms with van der Waals surface area (Å²) in [4.78, 5) is 0. The molecule has 1 rings (SSSR count). The first kappa shape index (κ1) is 8.75. The molecule has 0 heterocycles. The van der Waals surface area contributed by atoms with Crippen molar-refractivity contribution in [2.75, 3.05) is 0 Å². The van der Waals surface area contributed by atoms with Crippen LogP contribution >= 0.6 is 15.9 Å². The molecule has 0 aromatic heterocycles. The van der Waals surface area contributed by atoms with Crippen LogP contribution in [0.25, 0.3) is 0 Å². The van der Waals surface area contributed by atoms with Gasteiger partial charge in [-0.2, -0.15) is 0 Å². The highest BCUT2D eigenvalue weighted by Gasteiger charge is 2.02. The SMILES string of the molecule is CC[C@H](O)c1ccc(Br)cc1. The molecule has 0 bridgehead atoms. The Morgan fingerprint density at radius 2 is 1.91 bits per heavy atom. The number of aliphatic hydroxyl groups excluding tert-OH is 1. The zero-order chi connectivity index (χ0) is 8.27. The normalized spacial score (nSPS) is 13.0. The monoisotopic (exact) mass is 214 g/mol. The van der Waals surface area contributed by atoms with Crippen LogP contribution in [0.15, 0.2) is 28.7 Å². The molecule has 0 unspecified atom stereocenters. The second-order valence-electron chi connectivity index (χ2n) is 2.48. The van der Waals surface area contributed by atoms with Crippen LogP contribution in [-0.2, 0) is 0 Å². The molecule has 0 fully saturated rings. The van der Waals surface area contributed by atoms with E-state index in [1.54, 1.807) is 0 Å². The fourth-order valence-corrected chi connectivity index (χ4v) is 1.18. The van der Waals surface area contributed by atoms with Gasteiger partial charge < -0.3 is 5.11 Å². The highest BCUT2D eigenvalue weighted by Crippen LogP contribution is 2.18. The third kappa shape index (κ3) is 2.31. The van der Waals surface area contributed by atoms with Crippen LogP contribution in [0.3, 0.4) is 0 Å². The van der Waals surface area contributed by atoms with Gasteiger partial charge >= 0.3 is 0 Å². The van der Waals surface area contributed by atoms with Crippen molar-refractivity contribution in [3.05, 3.63) is 34.3 Å². The van der Waals surface area contributed by atoms with Gasteiger partial charge in [-0.1, -0.05) is 35.0 Å². The third-order valence-corrected chi connectivity index (χ3v) is 2.17. The van der Waals surface area contributed by atoms with E-state index in [4.69, 9.17) is 0 Å². The Morgan fingerprint density at radius 3 is 2.36 bits per heavy atom. The van der Waals surface area contributed by atoms with E-state index in [-0.39, 0.29) is 6.10 Å². The van der Waals surface area contributed by atoms with Gasteiger partial charge in [0.15, 0.2) is 0 Å². The van der Waals surface area contributed by atoms with E-state index in [1.807, 2.05) is 31.2 Å². The zero-order valence-electron chi connectivity index (χ0n) is 6.42. The molecule has 0 aliphatic carbocycles. The highest BCUT2D eigenvalue weighted by molar-refractivity contribution is 9.10. The maximum atomic E-state index is 9.40. The molecule has 1 atom stereocenters. The van der Waals surface area contributed by atoms with Crippen LogP contribution in [0, 0.1) is 0 Å². The van der Waals surface area contributed by atoms with Crippen molar-refractivity contribution in [2.24, 2.45) is 0 Å². The fraction of sp³-hybridized carbons (Fsp3) is 0.333. The maximum Gasteiger partial charge on any atom is 0.0787 e. The summed E-state index contributed by atoms with van der Waals surface area (Å²) >= 11 is 3.33. The van der Waals surface area contributed by atoms with Crippen molar-refractivity contribution in [3.63, 3.8) is 0 Å². The Labute approximate surface area is 75.2 Å². The van der Waals surface area contributed by atoms with Crippen LogP contribution in [0.2, 0.25) is 0 Å². The first-order valence-electron chi connectivity index (χ1n) is 3.67. The number of halogens is 1. The Kier molecular flexibility index (Phi) is 3.09. The summed E-state index contributed by atoms with van der Waals surface area (Å²) in [5.74, 6) is 0. The van der Waals surface area contributed by atoms with Crippen molar-refractivity contribution >= 4 is 15.9 Å². The van der Waals surface area contributed by atoms with E-state index in [0.717, 1.165) is 16.5 Å². The molecule has 0 aliphatic heterocycles. The smallest absolute Gasteiger partial charge is 0.0787 e. The van der Waals surface area contributed by atoms with Crippen LogP contribution < -0.4 is 0 Å². The predicted octanol–water partition coefficient (Wildman–Crippen LogP) is 2.89. The zero-order valence-corrected chi connectivity index (χ0v) is 8.01. The summed E-state index contributed by atoms with van der Waals surface area (Å²) in [6, 6.07) is 7.74. The number of hydrogen-bond acceptors (Lipinski definition) is 1. The second-order valence-corrected chi connectivity index (χ2v) is 3.39. The summed E-state index contributed by atoms with van der Waals surface area (Å²) in [7, 11) is 0. The summed E-state index contributed by atoms with van der Waals surface area (Å²) in [5.41, 5.74) is 0.982. The minimum Gasteiger partial charge on any atom is -0.388 e. The molecule has 1 aromatic carbocycles. The molecule has 0 aliphatic rings. The number of benzene rings is 1.